The van der Waals surface area contributed by atoms with Crippen molar-refractivity contribution in [1.29, 1.82) is 0 Å². The molecule has 0 fully saturated rings. The van der Waals surface area contributed by atoms with Crippen molar-refractivity contribution in [2.75, 3.05) is 6.26 Å². The smallest absolute Gasteiger partial charge is 0.0297 e. The van der Waals surface area contributed by atoms with Gasteiger partial charge in [-0.3, -0.25) is 0 Å². The van der Waals surface area contributed by atoms with Crippen LogP contribution in [-0.4, -0.2) is 6.26 Å². The minimum atomic E-state index is 0.143. The Bertz CT molecular complexity index is 279. The van der Waals surface area contributed by atoms with E-state index in [0.717, 1.165) is 12.8 Å². The van der Waals surface area contributed by atoms with E-state index in [9.17, 15) is 0 Å². The molecule has 0 spiro atoms. The Morgan fingerprint density at radius 2 is 2.07 bits per heavy atom. The van der Waals surface area contributed by atoms with Crippen LogP contribution in [0.5, 0.6) is 0 Å². The highest BCUT2D eigenvalue weighted by Crippen LogP contribution is 2.20. The molecular formula is C12H17NS. The van der Waals surface area contributed by atoms with Crippen LogP contribution in [0.1, 0.15) is 24.4 Å². The lowest BCUT2D eigenvalue weighted by atomic mass is 10.0. The quantitative estimate of drug-likeness (QED) is 0.591. The van der Waals surface area contributed by atoms with Crippen LogP contribution >= 0.6 is 11.8 Å². The summed E-state index contributed by atoms with van der Waals surface area (Å²) in [5, 5.41) is 0. The first-order valence-corrected chi connectivity index (χ1v) is 6.01. The van der Waals surface area contributed by atoms with Gasteiger partial charge in [-0.1, -0.05) is 18.2 Å². The largest absolute Gasteiger partial charge is 0.324 e. The van der Waals surface area contributed by atoms with Crippen molar-refractivity contribution in [3.8, 4) is 0 Å². The van der Waals surface area contributed by atoms with Gasteiger partial charge in [-0.25, -0.2) is 0 Å². The van der Waals surface area contributed by atoms with Gasteiger partial charge in [0.15, 0.2) is 0 Å². The summed E-state index contributed by atoms with van der Waals surface area (Å²) in [6.45, 7) is 3.69. The van der Waals surface area contributed by atoms with E-state index in [1.165, 1.54) is 10.5 Å². The predicted molar refractivity (Wildman–Crippen MR) is 64.6 cm³/mol. The minimum Gasteiger partial charge on any atom is -0.324 e. The lowest BCUT2D eigenvalue weighted by molar-refractivity contribution is 0.661. The number of nitrogens with two attached hydrogens (primary N) is 1. The molecule has 0 bridgehead atoms. The summed E-state index contributed by atoms with van der Waals surface area (Å²) in [5.74, 6) is 0. The molecule has 0 radical (unpaired) electrons. The number of hydrogen-bond donors (Lipinski definition) is 1. The van der Waals surface area contributed by atoms with E-state index in [1.807, 2.05) is 6.08 Å². The Kier molecular flexibility index (Phi) is 4.77. The van der Waals surface area contributed by atoms with E-state index in [-0.39, 0.29) is 6.04 Å². The van der Waals surface area contributed by atoms with Crippen molar-refractivity contribution in [3.63, 3.8) is 0 Å². The Morgan fingerprint density at radius 1 is 1.43 bits per heavy atom. The highest BCUT2D eigenvalue weighted by Gasteiger charge is 2.03. The topological polar surface area (TPSA) is 26.0 Å². The molecule has 0 aliphatic heterocycles. The van der Waals surface area contributed by atoms with Crippen LogP contribution in [-0.2, 0) is 0 Å². The maximum absolute atomic E-state index is 6.02. The van der Waals surface area contributed by atoms with E-state index in [4.69, 9.17) is 5.73 Å². The molecule has 0 amide bonds. The van der Waals surface area contributed by atoms with Gasteiger partial charge in [-0.05, 0) is 36.8 Å². The molecule has 2 N–H and O–H groups in total. The molecule has 1 aromatic rings. The van der Waals surface area contributed by atoms with Gasteiger partial charge >= 0.3 is 0 Å². The predicted octanol–water partition coefficient (Wildman–Crippen LogP) is 3.37. The Hall–Kier alpha value is -0.730. The van der Waals surface area contributed by atoms with E-state index >= 15 is 0 Å². The van der Waals surface area contributed by atoms with Gasteiger partial charge in [0, 0.05) is 10.9 Å². The summed E-state index contributed by atoms with van der Waals surface area (Å²) in [5.41, 5.74) is 7.23. The normalized spacial score (nSPS) is 12.4. The van der Waals surface area contributed by atoms with Gasteiger partial charge in [0.2, 0.25) is 0 Å². The van der Waals surface area contributed by atoms with E-state index in [1.54, 1.807) is 11.8 Å². The molecule has 14 heavy (non-hydrogen) atoms. The zero-order chi connectivity index (χ0) is 10.4. The van der Waals surface area contributed by atoms with E-state index < -0.39 is 0 Å². The third kappa shape index (κ3) is 3.20. The van der Waals surface area contributed by atoms with Crippen molar-refractivity contribution in [1.82, 2.24) is 0 Å². The summed E-state index contributed by atoms with van der Waals surface area (Å²) in [4.78, 5) is 1.28. The van der Waals surface area contributed by atoms with E-state index in [2.05, 4.69) is 37.1 Å². The molecule has 2 heteroatoms. The van der Waals surface area contributed by atoms with Crippen LogP contribution in [0.25, 0.3) is 0 Å². The highest BCUT2D eigenvalue weighted by molar-refractivity contribution is 7.98. The lowest BCUT2D eigenvalue weighted by Gasteiger charge is -2.10. The van der Waals surface area contributed by atoms with Gasteiger partial charge in [0.25, 0.3) is 0 Å². The van der Waals surface area contributed by atoms with Gasteiger partial charge in [0.05, 0.1) is 0 Å². The van der Waals surface area contributed by atoms with Crippen molar-refractivity contribution in [2.45, 2.75) is 23.8 Å². The number of hydrogen-bond acceptors (Lipinski definition) is 2. The molecule has 0 saturated carbocycles. The maximum atomic E-state index is 6.02. The summed E-state index contributed by atoms with van der Waals surface area (Å²) >= 11 is 1.75. The van der Waals surface area contributed by atoms with Crippen LogP contribution in [0.4, 0.5) is 0 Å². The molecule has 0 saturated heterocycles. The lowest BCUT2D eigenvalue weighted by Crippen LogP contribution is -2.09. The molecule has 1 nitrogen and oxygen atoms in total. The first kappa shape index (κ1) is 11.3. The van der Waals surface area contributed by atoms with Crippen LogP contribution in [0.15, 0.2) is 41.8 Å². The van der Waals surface area contributed by atoms with Crippen molar-refractivity contribution in [2.24, 2.45) is 5.73 Å². The molecule has 1 rings (SSSR count). The first-order valence-electron chi connectivity index (χ1n) is 4.78. The van der Waals surface area contributed by atoms with Crippen LogP contribution < -0.4 is 5.73 Å². The molecule has 1 aromatic carbocycles. The average Bonchev–Trinajstić information content (AvgIpc) is 2.26. The van der Waals surface area contributed by atoms with Gasteiger partial charge in [-0.15, -0.1) is 18.3 Å². The zero-order valence-electron chi connectivity index (χ0n) is 8.57. The maximum Gasteiger partial charge on any atom is 0.0297 e. The summed E-state index contributed by atoms with van der Waals surface area (Å²) in [6, 6.07) is 8.60. The first-order chi connectivity index (χ1) is 6.77. The van der Waals surface area contributed by atoms with Crippen molar-refractivity contribution >= 4 is 11.8 Å². The number of benzene rings is 1. The molecular weight excluding hydrogens is 190 g/mol. The fourth-order valence-electron chi connectivity index (χ4n) is 1.32. The van der Waals surface area contributed by atoms with Gasteiger partial charge < -0.3 is 5.73 Å². The van der Waals surface area contributed by atoms with Crippen LogP contribution in [0, 0.1) is 0 Å². The number of allylic oxidation sites excluding steroid dienone is 1. The Balaban J connectivity index is 2.61. The molecule has 1 unspecified atom stereocenters. The second-order valence-electron chi connectivity index (χ2n) is 3.25. The third-order valence-electron chi connectivity index (χ3n) is 2.23. The van der Waals surface area contributed by atoms with Crippen molar-refractivity contribution < 1.29 is 0 Å². The fraction of sp³-hybridized carbons (Fsp3) is 0.333. The standard InChI is InChI=1S/C12H17NS/c1-3-4-5-12(13)10-6-8-11(14-2)9-7-10/h3,6-9,12H,1,4-5,13H2,2H3. The molecule has 0 aliphatic carbocycles. The molecule has 76 valence electrons. The SMILES string of the molecule is C=CCCC(N)c1ccc(SC)cc1. The summed E-state index contributed by atoms with van der Waals surface area (Å²) in [6.07, 6.45) is 5.94. The summed E-state index contributed by atoms with van der Waals surface area (Å²) < 4.78 is 0. The van der Waals surface area contributed by atoms with Crippen LogP contribution in [0.3, 0.4) is 0 Å². The molecule has 0 heterocycles. The highest BCUT2D eigenvalue weighted by atomic mass is 32.2. The fourth-order valence-corrected chi connectivity index (χ4v) is 1.72. The van der Waals surface area contributed by atoms with Crippen LogP contribution in [0.2, 0.25) is 0 Å². The van der Waals surface area contributed by atoms with Crippen molar-refractivity contribution in [3.05, 3.63) is 42.5 Å². The second-order valence-corrected chi connectivity index (χ2v) is 4.13. The summed E-state index contributed by atoms with van der Waals surface area (Å²) in [7, 11) is 0. The third-order valence-corrected chi connectivity index (χ3v) is 2.97. The minimum absolute atomic E-state index is 0.143. The Morgan fingerprint density at radius 3 is 2.57 bits per heavy atom. The second kappa shape index (κ2) is 5.89. The number of thioether (sulfide) groups is 1. The monoisotopic (exact) mass is 207 g/mol. The van der Waals surface area contributed by atoms with Gasteiger partial charge in [0.1, 0.15) is 0 Å². The molecule has 0 aliphatic rings. The molecule has 0 aromatic heterocycles. The van der Waals surface area contributed by atoms with E-state index in [0.29, 0.717) is 0 Å². The molecule has 1 atom stereocenters. The average molecular weight is 207 g/mol. The Labute approximate surface area is 90.4 Å². The number of rotatable bonds is 5. The van der Waals surface area contributed by atoms with Gasteiger partial charge in [-0.2, -0.15) is 0 Å². The zero-order valence-corrected chi connectivity index (χ0v) is 9.39.